The second-order valence-corrected chi connectivity index (χ2v) is 6.57. The van der Waals surface area contributed by atoms with Crippen LogP contribution in [0.5, 0.6) is 0 Å². The number of fused-ring (bicyclic) bond motifs is 1. The lowest BCUT2D eigenvalue weighted by Gasteiger charge is -2.43. The van der Waals surface area contributed by atoms with Crippen molar-refractivity contribution in [1.29, 1.82) is 0 Å². The summed E-state index contributed by atoms with van der Waals surface area (Å²) in [5.74, 6) is 0. The summed E-state index contributed by atoms with van der Waals surface area (Å²) in [7, 11) is 0. The molecule has 0 saturated carbocycles. The summed E-state index contributed by atoms with van der Waals surface area (Å²) >= 11 is 0. The van der Waals surface area contributed by atoms with Gasteiger partial charge in [-0.1, -0.05) is 30.3 Å². The van der Waals surface area contributed by atoms with E-state index in [1.165, 1.54) is 22.6 Å². The molecule has 0 radical (unpaired) electrons. The monoisotopic (exact) mass is 280 g/mol. The molecule has 0 fully saturated rings. The summed E-state index contributed by atoms with van der Waals surface area (Å²) in [6, 6.07) is 17.8. The number of rotatable bonds is 2. The molecule has 0 atom stereocenters. The van der Waals surface area contributed by atoms with Crippen molar-refractivity contribution in [2.75, 3.05) is 9.80 Å². The first-order valence-corrected chi connectivity index (χ1v) is 7.69. The van der Waals surface area contributed by atoms with Crippen molar-refractivity contribution < 1.29 is 0 Å². The Bertz CT molecular complexity index is 658. The molecule has 0 bridgehead atoms. The number of anilines is 3. The highest BCUT2D eigenvalue weighted by molar-refractivity contribution is 5.86. The summed E-state index contributed by atoms with van der Waals surface area (Å²) < 4.78 is 0. The van der Waals surface area contributed by atoms with Gasteiger partial charge in [-0.15, -0.1) is 0 Å². The number of aryl methyl sites for hydroxylation is 1. The summed E-state index contributed by atoms with van der Waals surface area (Å²) in [6.45, 7) is 11.3. The van der Waals surface area contributed by atoms with Crippen molar-refractivity contribution in [2.45, 2.75) is 46.3 Å². The number of benzene rings is 2. The van der Waals surface area contributed by atoms with Gasteiger partial charge in [-0.3, -0.25) is 0 Å². The molecule has 1 aliphatic rings. The average molecular weight is 280 g/mol. The Labute approximate surface area is 128 Å². The highest BCUT2D eigenvalue weighted by atomic mass is 15.5. The maximum absolute atomic E-state index is 2.51. The Morgan fingerprint density at radius 1 is 0.810 bits per heavy atom. The molecule has 2 aromatic rings. The van der Waals surface area contributed by atoms with Crippen molar-refractivity contribution in [3.05, 3.63) is 54.1 Å². The molecule has 0 unspecified atom stereocenters. The van der Waals surface area contributed by atoms with E-state index in [4.69, 9.17) is 0 Å². The molecule has 0 saturated heterocycles. The van der Waals surface area contributed by atoms with Gasteiger partial charge in [-0.05, 0) is 58.4 Å². The maximum atomic E-state index is 2.51. The van der Waals surface area contributed by atoms with Crippen molar-refractivity contribution in [2.24, 2.45) is 0 Å². The standard InChI is InChI=1S/C19H24N2/c1-14(2)20-17-12-8-9-13-18(17)21(19(20,4)5)16-11-7-6-10-15(16)3/h6-14H,1-5H3. The first-order valence-electron chi connectivity index (χ1n) is 7.69. The van der Waals surface area contributed by atoms with E-state index in [1.54, 1.807) is 0 Å². The quantitative estimate of drug-likeness (QED) is 0.755. The molecule has 1 aliphatic heterocycles. The Hall–Kier alpha value is -1.96. The van der Waals surface area contributed by atoms with Gasteiger partial charge in [0.1, 0.15) is 5.66 Å². The molecule has 3 rings (SSSR count). The normalized spacial score (nSPS) is 16.5. The molecule has 2 nitrogen and oxygen atoms in total. The Kier molecular flexibility index (Phi) is 3.20. The van der Waals surface area contributed by atoms with Crippen LogP contribution < -0.4 is 9.80 Å². The fourth-order valence-electron chi connectivity index (χ4n) is 3.70. The van der Waals surface area contributed by atoms with E-state index < -0.39 is 0 Å². The fourth-order valence-corrected chi connectivity index (χ4v) is 3.70. The molecule has 0 amide bonds. The van der Waals surface area contributed by atoms with Crippen LogP contribution >= 0.6 is 0 Å². The van der Waals surface area contributed by atoms with Gasteiger partial charge >= 0.3 is 0 Å². The zero-order valence-corrected chi connectivity index (χ0v) is 13.6. The van der Waals surface area contributed by atoms with Crippen molar-refractivity contribution in [1.82, 2.24) is 0 Å². The molecule has 1 heterocycles. The van der Waals surface area contributed by atoms with E-state index in [2.05, 4.69) is 92.9 Å². The summed E-state index contributed by atoms with van der Waals surface area (Å²) in [5.41, 5.74) is 5.14. The van der Waals surface area contributed by atoms with Gasteiger partial charge in [-0.2, -0.15) is 0 Å². The average Bonchev–Trinajstić information content (AvgIpc) is 2.66. The van der Waals surface area contributed by atoms with E-state index in [9.17, 15) is 0 Å². The molecule has 0 aliphatic carbocycles. The van der Waals surface area contributed by atoms with Crippen LogP contribution in [0.3, 0.4) is 0 Å². The molecule has 110 valence electrons. The maximum Gasteiger partial charge on any atom is 0.112 e. The molecule has 21 heavy (non-hydrogen) atoms. The number of hydrogen-bond acceptors (Lipinski definition) is 2. The highest BCUT2D eigenvalue weighted by Gasteiger charge is 2.44. The van der Waals surface area contributed by atoms with E-state index in [1.807, 2.05) is 0 Å². The van der Waals surface area contributed by atoms with E-state index >= 15 is 0 Å². The predicted octanol–water partition coefficient (Wildman–Crippen LogP) is 5.10. The lowest BCUT2D eigenvalue weighted by Crippen LogP contribution is -2.53. The van der Waals surface area contributed by atoms with Gasteiger partial charge in [0.25, 0.3) is 0 Å². The van der Waals surface area contributed by atoms with E-state index in [0.717, 1.165) is 0 Å². The summed E-state index contributed by atoms with van der Waals surface area (Å²) in [6.07, 6.45) is 0. The number of hydrogen-bond donors (Lipinski definition) is 0. The Morgan fingerprint density at radius 2 is 1.33 bits per heavy atom. The van der Waals surface area contributed by atoms with Crippen LogP contribution in [0, 0.1) is 6.92 Å². The molecule has 0 N–H and O–H groups in total. The zero-order chi connectivity index (χ0) is 15.2. The minimum atomic E-state index is -0.0794. The van der Waals surface area contributed by atoms with E-state index in [-0.39, 0.29) is 5.66 Å². The van der Waals surface area contributed by atoms with Crippen LogP contribution in [0.2, 0.25) is 0 Å². The van der Waals surface area contributed by atoms with Crippen molar-refractivity contribution in [3.8, 4) is 0 Å². The van der Waals surface area contributed by atoms with Crippen LogP contribution in [-0.4, -0.2) is 11.7 Å². The van der Waals surface area contributed by atoms with Crippen molar-refractivity contribution >= 4 is 17.1 Å². The third kappa shape index (κ3) is 2.01. The van der Waals surface area contributed by atoms with Crippen molar-refractivity contribution in [3.63, 3.8) is 0 Å². The number of para-hydroxylation sites is 3. The van der Waals surface area contributed by atoms with Gasteiger partial charge < -0.3 is 9.80 Å². The van der Waals surface area contributed by atoms with Gasteiger partial charge in [0.15, 0.2) is 0 Å². The first kappa shape index (κ1) is 14.0. The summed E-state index contributed by atoms with van der Waals surface area (Å²) in [5, 5.41) is 0. The van der Waals surface area contributed by atoms with Crippen LogP contribution in [0.25, 0.3) is 0 Å². The van der Waals surface area contributed by atoms with Crippen LogP contribution in [-0.2, 0) is 0 Å². The van der Waals surface area contributed by atoms with Gasteiger partial charge in [-0.25, -0.2) is 0 Å². The molecule has 0 spiro atoms. The molecule has 0 aromatic heterocycles. The fraction of sp³-hybridized carbons (Fsp3) is 0.368. The molecular weight excluding hydrogens is 256 g/mol. The second-order valence-electron chi connectivity index (χ2n) is 6.57. The van der Waals surface area contributed by atoms with Crippen LogP contribution in [0.1, 0.15) is 33.3 Å². The summed E-state index contributed by atoms with van der Waals surface area (Å²) in [4.78, 5) is 4.98. The topological polar surface area (TPSA) is 6.48 Å². The predicted molar refractivity (Wildman–Crippen MR) is 91.5 cm³/mol. The third-order valence-electron chi connectivity index (χ3n) is 4.39. The molecule has 2 heteroatoms. The van der Waals surface area contributed by atoms with Gasteiger partial charge in [0, 0.05) is 11.7 Å². The second kappa shape index (κ2) is 4.80. The SMILES string of the molecule is Cc1ccccc1N1c2ccccc2N(C(C)C)C1(C)C. The Morgan fingerprint density at radius 3 is 1.90 bits per heavy atom. The van der Waals surface area contributed by atoms with E-state index in [0.29, 0.717) is 6.04 Å². The van der Waals surface area contributed by atoms with Crippen LogP contribution in [0.15, 0.2) is 48.5 Å². The lowest BCUT2D eigenvalue weighted by atomic mass is 10.1. The Balaban J connectivity index is 2.24. The minimum Gasteiger partial charge on any atom is -0.345 e. The highest BCUT2D eigenvalue weighted by Crippen LogP contribution is 2.50. The smallest absolute Gasteiger partial charge is 0.112 e. The molecular formula is C19H24N2. The first-order chi connectivity index (χ1) is 9.94. The number of nitrogens with zero attached hydrogens (tertiary/aromatic N) is 2. The lowest BCUT2D eigenvalue weighted by molar-refractivity contribution is 0.458. The zero-order valence-electron chi connectivity index (χ0n) is 13.6. The molecule has 2 aromatic carbocycles. The van der Waals surface area contributed by atoms with Gasteiger partial charge in [0.2, 0.25) is 0 Å². The minimum absolute atomic E-state index is 0.0794. The van der Waals surface area contributed by atoms with Gasteiger partial charge in [0.05, 0.1) is 11.4 Å². The third-order valence-corrected chi connectivity index (χ3v) is 4.39. The largest absolute Gasteiger partial charge is 0.345 e. The van der Waals surface area contributed by atoms with Crippen LogP contribution in [0.4, 0.5) is 17.1 Å².